The van der Waals surface area contributed by atoms with E-state index in [1.54, 1.807) is 0 Å². The topological polar surface area (TPSA) is 30.0 Å². The van der Waals surface area contributed by atoms with E-state index in [1.807, 2.05) is 66.7 Å². The number of hydrogen-bond acceptors (Lipinski definition) is 2. The number of Topliss-reactive ketones (excluding diaryl/α,β-unsaturated/α-hetero) is 1. The first kappa shape index (κ1) is 11.1. The SMILES string of the molecule is O=C1C(c2ccc3ccccc3n2)=Cc2ccccc21. The Morgan fingerprint density at radius 2 is 1.60 bits per heavy atom. The number of ketones is 1. The zero-order chi connectivity index (χ0) is 13.5. The fraction of sp³-hybridized carbons (Fsp3) is 0. The Hall–Kier alpha value is -2.74. The summed E-state index contributed by atoms with van der Waals surface area (Å²) in [5.41, 5.74) is 4.07. The summed E-state index contributed by atoms with van der Waals surface area (Å²) in [6.07, 6.45) is 1.93. The molecule has 0 saturated carbocycles. The van der Waals surface area contributed by atoms with E-state index in [9.17, 15) is 4.79 Å². The number of carbonyl (C=O) groups excluding carboxylic acids is 1. The largest absolute Gasteiger partial charge is 0.289 e. The summed E-state index contributed by atoms with van der Waals surface area (Å²) in [7, 11) is 0. The number of carbonyl (C=O) groups is 1. The molecule has 0 amide bonds. The third kappa shape index (κ3) is 1.58. The van der Waals surface area contributed by atoms with Crippen molar-refractivity contribution in [3.05, 3.63) is 77.5 Å². The van der Waals surface area contributed by atoms with Crippen molar-refractivity contribution in [2.75, 3.05) is 0 Å². The van der Waals surface area contributed by atoms with E-state index in [0.717, 1.165) is 27.7 Å². The summed E-state index contributed by atoms with van der Waals surface area (Å²) in [6, 6.07) is 19.5. The van der Waals surface area contributed by atoms with Gasteiger partial charge < -0.3 is 0 Å². The summed E-state index contributed by atoms with van der Waals surface area (Å²) in [5, 5.41) is 1.08. The Balaban J connectivity index is 1.87. The lowest BCUT2D eigenvalue weighted by Gasteiger charge is -2.03. The molecule has 0 aliphatic heterocycles. The molecule has 2 heteroatoms. The van der Waals surface area contributed by atoms with Gasteiger partial charge in [0.05, 0.1) is 11.2 Å². The van der Waals surface area contributed by atoms with Crippen LogP contribution in [-0.4, -0.2) is 10.8 Å². The van der Waals surface area contributed by atoms with Crippen molar-refractivity contribution in [1.29, 1.82) is 0 Å². The van der Waals surface area contributed by atoms with Crippen LogP contribution in [-0.2, 0) is 0 Å². The Labute approximate surface area is 116 Å². The predicted octanol–water partition coefficient (Wildman–Crippen LogP) is 3.97. The molecule has 2 nitrogen and oxygen atoms in total. The quantitative estimate of drug-likeness (QED) is 0.660. The zero-order valence-electron chi connectivity index (χ0n) is 10.7. The molecule has 4 rings (SSSR count). The number of pyridine rings is 1. The number of rotatable bonds is 1. The van der Waals surface area contributed by atoms with Crippen LogP contribution in [0.15, 0.2) is 60.7 Å². The number of hydrogen-bond donors (Lipinski definition) is 0. The smallest absolute Gasteiger partial charge is 0.195 e. The normalized spacial score (nSPS) is 13.4. The van der Waals surface area contributed by atoms with Crippen LogP contribution in [0.25, 0.3) is 22.6 Å². The molecule has 1 heterocycles. The average molecular weight is 257 g/mol. The molecular weight excluding hydrogens is 246 g/mol. The lowest BCUT2D eigenvalue weighted by Crippen LogP contribution is -1.99. The number of allylic oxidation sites excluding steroid dienone is 1. The summed E-state index contributed by atoms with van der Waals surface area (Å²) < 4.78 is 0. The van der Waals surface area contributed by atoms with Crippen molar-refractivity contribution in [2.24, 2.45) is 0 Å². The zero-order valence-corrected chi connectivity index (χ0v) is 10.7. The third-order valence-corrected chi connectivity index (χ3v) is 3.62. The maximum absolute atomic E-state index is 12.4. The van der Waals surface area contributed by atoms with E-state index in [0.29, 0.717) is 5.57 Å². The van der Waals surface area contributed by atoms with Crippen LogP contribution >= 0.6 is 0 Å². The second-order valence-corrected chi connectivity index (χ2v) is 4.86. The van der Waals surface area contributed by atoms with Crippen molar-refractivity contribution in [2.45, 2.75) is 0 Å². The number of fused-ring (bicyclic) bond motifs is 2. The Bertz CT molecular complexity index is 877. The molecule has 0 fully saturated rings. The van der Waals surface area contributed by atoms with Crippen LogP contribution in [0.5, 0.6) is 0 Å². The maximum atomic E-state index is 12.4. The van der Waals surface area contributed by atoms with Crippen molar-refractivity contribution in [3.8, 4) is 0 Å². The molecule has 0 radical (unpaired) electrons. The minimum absolute atomic E-state index is 0.0587. The molecule has 0 bridgehead atoms. The van der Waals surface area contributed by atoms with Gasteiger partial charge >= 0.3 is 0 Å². The summed E-state index contributed by atoms with van der Waals surface area (Å²) >= 11 is 0. The van der Waals surface area contributed by atoms with Crippen molar-refractivity contribution >= 4 is 28.3 Å². The van der Waals surface area contributed by atoms with Crippen molar-refractivity contribution in [3.63, 3.8) is 0 Å². The second kappa shape index (κ2) is 4.14. The number of nitrogens with zero attached hydrogens (tertiary/aromatic N) is 1. The number of para-hydroxylation sites is 1. The van der Waals surface area contributed by atoms with E-state index >= 15 is 0 Å². The van der Waals surface area contributed by atoms with Crippen LogP contribution in [0.1, 0.15) is 21.6 Å². The van der Waals surface area contributed by atoms with Gasteiger partial charge in [0.1, 0.15) is 0 Å². The molecule has 2 aromatic carbocycles. The highest BCUT2D eigenvalue weighted by atomic mass is 16.1. The van der Waals surface area contributed by atoms with Gasteiger partial charge in [-0.3, -0.25) is 4.79 Å². The lowest BCUT2D eigenvalue weighted by atomic mass is 10.1. The molecule has 0 spiro atoms. The molecule has 0 unspecified atom stereocenters. The van der Waals surface area contributed by atoms with Crippen LogP contribution in [0.2, 0.25) is 0 Å². The standard InChI is InChI=1S/C18H11NO/c20-18-14-7-3-1-6-13(14)11-15(18)17-10-9-12-5-2-4-8-16(12)19-17/h1-11H. The third-order valence-electron chi connectivity index (χ3n) is 3.62. The molecule has 0 saturated heterocycles. The Morgan fingerprint density at radius 1 is 0.800 bits per heavy atom. The fourth-order valence-electron chi connectivity index (χ4n) is 2.60. The molecule has 0 N–H and O–H groups in total. The van der Waals surface area contributed by atoms with Gasteiger partial charge in [-0.25, -0.2) is 4.98 Å². The molecular formula is C18H11NO. The minimum Gasteiger partial charge on any atom is -0.289 e. The molecule has 20 heavy (non-hydrogen) atoms. The summed E-state index contributed by atoms with van der Waals surface area (Å²) in [4.78, 5) is 17.0. The molecule has 94 valence electrons. The molecule has 3 aromatic rings. The van der Waals surface area contributed by atoms with Crippen molar-refractivity contribution in [1.82, 2.24) is 4.98 Å². The summed E-state index contributed by atoms with van der Waals surface area (Å²) in [5.74, 6) is 0.0587. The predicted molar refractivity (Wildman–Crippen MR) is 80.4 cm³/mol. The van der Waals surface area contributed by atoms with E-state index in [-0.39, 0.29) is 5.78 Å². The van der Waals surface area contributed by atoms with Crippen LogP contribution in [0, 0.1) is 0 Å². The molecule has 1 aromatic heterocycles. The van der Waals surface area contributed by atoms with Gasteiger partial charge in [-0.1, -0.05) is 48.5 Å². The van der Waals surface area contributed by atoms with Crippen LogP contribution in [0.3, 0.4) is 0 Å². The fourth-order valence-corrected chi connectivity index (χ4v) is 2.60. The van der Waals surface area contributed by atoms with E-state index in [2.05, 4.69) is 4.98 Å². The highest BCUT2D eigenvalue weighted by Crippen LogP contribution is 2.31. The van der Waals surface area contributed by atoms with Gasteiger partial charge in [-0.2, -0.15) is 0 Å². The van der Waals surface area contributed by atoms with E-state index < -0.39 is 0 Å². The Morgan fingerprint density at radius 3 is 2.50 bits per heavy atom. The van der Waals surface area contributed by atoms with E-state index in [4.69, 9.17) is 0 Å². The molecule has 1 aliphatic carbocycles. The monoisotopic (exact) mass is 257 g/mol. The molecule has 1 aliphatic rings. The van der Waals surface area contributed by atoms with Gasteiger partial charge in [0.2, 0.25) is 0 Å². The first-order valence-corrected chi connectivity index (χ1v) is 6.54. The van der Waals surface area contributed by atoms with E-state index in [1.165, 1.54) is 0 Å². The van der Waals surface area contributed by atoms with Gasteiger partial charge in [-0.15, -0.1) is 0 Å². The maximum Gasteiger partial charge on any atom is 0.195 e. The highest BCUT2D eigenvalue weighted by molar-refractivity contribution is 6.37. The Kier molecular flexibility index (Phi) is 2.30. The second-order valence-electron chi connectivity index (χ2n) is 4.86. The first-order valence-electron chi connectivity index (χ1n) is 6.54. The number of aromatic nitrogens is 1. The number of benzene rings is 2. The lowest BCUT2D eigenvalue weighted by molar-refractivity contribution is 0.105. The minimum atomic E-state index is 0.0587. The van der Waals surface area contributed by atoms with Gasteiger partial charge in [-0.05, 0) is 23.8 Å². The van der Waals surface area contributed by atoms with Crippen LogP contribution < -0.4 is 0 Å². The van der Waals surface area contributed by atoms with Crippen molar-refractivity contribution < 1.29 is 4.79 Å². The van der Waals surface area contributed by atoms with Gasteiger partial charge in [0.25, 0.3) is 0 Å². The first-order chi connectivity index (χ1) is 9.83. The van der Waals surface area contributed by atoms with Crippen LogP contribution in [0.4, 0.5) is 0 Å². The highest BCUT2D eigenvalue weighted by Gasteiger charge is 2.23. The van der Waals surface area contributed by atoms with Gasteiger partial charge in [0, 0.05) is 16.5 Å². The summed E-state index contributed by atoms with van der Waals surface area (Å²) in [6.45, 7) is 0. The van der Waals surface area contributed by atoms with Gasteiger partial charge in [0.15, 0.2) is 5.78 Å². The average Bonchev–Trinajstić information content (AvgIpc) is 2.84. The molecule has 0 atom stereocenters.